The fourth-order valence-corrected chi connectivity index (χ4v) is 4.79. The van der Waals surface area contributed by atoms with Crippen LogP contribution in [0.15, 0.2) is 17.5 Å². The van der Waals surface area contributed by atoms with Crippen molar-refractivity contribution >= 4 is 41.4 Å². The summed E-state index contributed by atoms with van der Waals surface area (Å²) in [7, 11) is 0. The molecule has 8 heteroatoms. The van der Waals surface area contributed by atoms with Crippen molar-refractivity contribution in [3.8, 4) is 0 Å². The summed E-state index contributed by atoms with van der Waals surface area (Å²) in [4.78, 5) is 15.6. The van der Waals surface area contributed by atoms with Gasteiger partial charge >= 0.3 is 0 Å². The van der Waals surface area contributed by atoms with Gasteiger partial charge < -0.3 is 20.1 Å². The number of halogens is 1. The first-order valence-electron chi connectivity index (χ1n) is 8.14. The SMILES string of the molecule is Cl.O=C(CC1CSCCN1)N1CCOCC1CC(O)c1cccs1. The number of thiophene rings is 1. The van der Waals surface area contributed by atoms with Gasteiger partial charge in [0.05, 0.1) is 25.4 Å². The van der Waals surface area contributed by atoms with Crippen LogP contribution in [0.3, 0.4) is 0 Å². The maximum absolute atomic E-state index is 12.7. The largest absolute Gasteiger partial charge is 0.387 e. The van der Waals surface area contributed by atoms with Crippen molar-refractivity contribution in [2.45, 2.75) is 31.0 Å². The van der Waals surface area contributed by atoms with Gasteiger partial charge in [0.2, 0.25) is 5.91 Å². The van der Waals surface area contributed by atoms with E-state index in [1.807, 2.05) is 34.2 Å². The molecule has 5 nitrogen and oxygen atoms in total. The number of thioether (sulfide) groups is 1. The second kappa shape index (κ2) is 9.99. The molecule has 2 aliphatic heterocycles. The molecule has 2 fully saturated rings. The Morgan fingerprint density at radius 3 is 3.12 bits per heavy atom. The lowest BCUT2D eigenvalue weighted by atomic mass is 10.0. The van der Waals surface area contributed by atoms with Crippen molar-refractivity contribution in [2.24, 2.45) is 0 Å². The standard InChI is InChI=1S/C16H24N2O3S2.ClH/c19-14(15-2-1-6-23-15)9-13-10-21-5-4-18(13)16(20)8-12-11-22-7-3-17-12;/h1-2,6,12-14,17,19H,3-5,7-11H2;1H. The summed E-state index contributed by atoms with van der Waals surface area (Å²) < 4.78 is 5.55. The smallest absolute Gasteiger partial charge is 0.224 e. The minimum atomic E-state index is -0.527. The number of rotatable bonds is 5. The van der Waals surface area contributed by atoms with E-state index >= 15 is 0 Å². The van der Waals surface area contributed by atoms with Crippen LogP contribution in [0.2, 0.25) is 0 Å². The third-order valence-electron chi connectivity index (χ3n) is 4.33. The number of carbonyl (C=O) groups is 1. The first-order valence-corrected chi connectivity index (χ1v) is 10.2. The van der Waals surface area contributed by atoms with Crippen LogP contribution in [0.25, 0.3) is 0 Å². The summed E-state index contributed by atoms with van der Waals surface area (Å²) in [5.41, 5.74) is 0. The Hall–Kier alpha value is -0.310. The normalized spacial score (nSPS) is 25.8. The van der Waals surface area contributed by atoms with Crippen molar-refractivity contribution < 1.29 is 14.6 Å². The molecule has 0 aliphatic carbocycles. The van der Waals surface area contributed by atoms with Crippen molar-refractivity contribution in [1.29, 1.82) is 0 Å². The van der Waals surface area contributed by atoms with Gasteiger partial charge in [-0.1, -0.05) is 6.07 Å². The van der Waals surface area contributed by atoms with Crippen molar-refractivity contribution in [2.75, 3.05) is 37.8 Å². The molecule has 2 saturated heterocycles. The molecule has 3 atom stereocenters. The fraction of sp³-hybridized carbons (Fsp3) is 0.688. The first-order chi connectivity index (χ1) is 11.2. The monoisotopic (exact) mass is 392 g/mol. The van der Waals surface area contributed by atoms with Gasteiger partial charge in [0.15, 0.2) is 0 Å². The molecule has 3 unspecified atom stereocenters. The quantitative estimate of drug-likeness (QED) is 0.801. The Balaban J connectivity index is 0.00000208. The molecule has 1 aromatic rings. The Labute approximate surface area is 157 Å². The van der Waals surface area contributed by atoms with Crippen molar-refractivity contribution in [3.05, 3.63) is 22.4 Å². The van der Waals surface area contributed by atoms with Crippen LogP contribution in [0.4, 0.5) is 0 Å². The molecule has 24 heavy (non-hydrogen) atoms. The zero-order valence-corrected chi connectivity index (χ0v) is 16.0. The minimum Gasteiger partial charge on any atom is -0.387 e. The number of aliphatic hydroxyl groups is 1. The van der Waals surface area contributed by atoms with Crippen LogP contribution < -0.4 is 5.32 Å². The van der Waals surface area contributed by atoms with Gasteiger partial charge in [0.1, 0.15) is 0 Å². The van der Waals surface area contributed by atoms with Crippen LogP contribution >= 0.6 is 35.5 Å². The molecule has 0 bridgehead atoms. The third kappa shape index (κ3) is 5.34. The number of amides is 1. The van der Waals surface area contributed by atoms with Crippen LogP contribution in [-0.2, 0) is 9.53 Å². The highest BCUT2D eigenvalue weighted by Crippen LogP contribution is 2.26. The average molecular weight is 393 g/mol. The summed E-state index contributed by atoms with van der Waals surface area (Å²) in [6, 6.07) is 4.11. The Morgan fingerprint density at radius 2 is 2.42 bits per heavy atom. The highest BCUT2D eigenvalue weighted by atomic mass is 35.5. The second-order valence-electron chi connectivity index (χ2n) is 6.01. The molecular formula is C16H25ClN2O3S2. The van der Waals surface area contributed by atoms with Gasteiger partial charge in [-0.15, -0.1) is 23.7 Å². The van der Waals surface area contributed by atoms with Gasteiger partial charge in [-0.05, 0) is 11.4 Å². The average Bonchev–Trinajstić information content (AvgIpc) is 3.11. The molecule has 2 aliphatic rings. The van der Waals surface area contributed by atoms with E-state index in [0.717, 1.165) is 22.9 Å². The van der Waals surface area contributed by atoms with Gasteiger partial charge in [0, 0.05) is 48.4 Å². The van der Waals surface area contributed by atoms with Gasteiger partial charge in [-0.25, -0.2) is 0 Å². The number of hydrogen-bond acceptors (Lipinski definition) is 6. The fourth-order valence-electron chi connectivity index (χ4n) is 3.11. The first kappa shape index (κ1) is 20.0. The third-order valence-corrected chi connectivity index (χ3v) is 6.44. The summed E-state index contributed by atoms with van der Waals surface area (Å²) in [5.74, 6) is 2.30. The highest BCUT2D eigenvalue weighted by molar-refractivity contribution is 7.99. The number of morpholine rings is 1. The van der Waals surface area contributed by atoms with E-state index < -0.39 is 6.10 Å². The maximum Gasteiger partial charge on any atom is 0.224 e. The van der Waals surface area contributed by atoms with Crippen molar-refractivity contribution in [1.82, 2.24) is 10.2 Å². The molecule has 3 rings (SSSR count). The zero-order valence-electron chi connectivity index (χ0n) is 13.6. The lowest BCUT2D eigenvalue weighted by Gasteiger charge is -2.37. The summed E-state index contributed by atoms with van der Waals surface area (Å²) >= 11 is 3.46. The van der Waals surface area contributed by atoms with E-state index in [0.29, 0.717) is 32.6 Å². The zero-order chi connectivity index (χ0) is 16.1. The van der Waals surface area contributed by atoms with Crippen LogP contribution in [-0.4, -0.2) is 65.8 Å². The Kier molecular flexibility index (Phi) is 8.33. The molecule has 0 spiro atoms. The molecule has 136 valence electrons. The summed E-state index contributed by atoms with van der Waals surface area (Å²) in [5, 5.41) is 15.8. The summed E-state index contributed by atoms with van der Waals surface area (Å²) in [6.07, 6.45) is 0.554. The van der Waals surface area contributed by atoms with Crippen molar-refractivity contribution in [3.63, 3.8) is 0 Å². The molecule has 1 aromatic heterocycles. The minimum absolute atomic E-state index is 0. The lowest BCUT2D eigenvalue weighted by Crippen LogP contribution is -2.51. The molecule has 0 radical (unpaired) electrons. The Morgan fingerprint density at radius 1 is 1.54 bits per heavy atom. The molecule has 2 N–H and O–H groups in total. The number of ether oxygens (including phenoxy) is 1. The molecule has 0 aromatic carbocycles. The molecule has 0 saturated carbocycles. The Bertz CT molecular complexity index is 498. The predicted molar refractivity (Wildman–Crippen MR) is 101 cm³/mol. The maximum atomic E-state index is 12.7. The molecular weight excluding hydrogens is 368 g/mol. The van der Waals surface area contributed by atoms with E-state index in [1.54, 1.807) is 11.3 Å². The van der Waals surface area contributed by atoms with Crippen LogP contribution in [0.1, 0.15) is 23.8 Å². The number of hydrogen-bond donors (Lipinski definition) is 2. The number of nitrogens with zero attached hydrogens (tertiary/aromatic N) is 1. The van der Waals surface area contributed by atoms with E-state index in [1.165, 1.54) is 0 Å². The second-order valence-corrected chi connectivity index (χ2v) is 8.14. The number of aliphatic hydroxyl groups excluding tert-OH is 1. The highest BCUT2D eigenvalue weighted by Gasteiger charge is 2.31. The topological polar surface area (TPSA) is 61.8 Å². The predicted octanol–water partition coefficient (Wildman–Crippen LogP) is 1.92. The van der Waals surface area contributed by atoms with E-state index in [4.69, 9.17) is 4.74 Å². The van der Waals surface area contributed by atoms with Gasteiger partial charge in [0.25, 0.3) is 0 Å². The lowest BCUT2D eigenvalue weighted by molar-refractivity contribution is -0.141. The summed E-state index contributed by atoms with van der Waals surface area (Å²) in [6.45, 7) is 2.71. The van der Waals surface area contributed by atoms with Gasteiger partial charge in [-0.2, -0.15) is 11.8 Å². The van der Waals surface area contributed by atoms with Crippen LogP contribution in [0.5, 0.6) is 0 Å². The molecule has 1 amide bonds. The van der Waals surface area contributed by atoms with Crippen LogP contribution in [0, 0.1) is 0 Å². The number of carbonyl (C=O) groups excluding carboxylic acids is 1. The van der Waals surface area contributed by atoms with E-state index in [-0.39, 0.29) is 30.4 Å². The molecule has 3 heterocycles. The number of nitrogens with one attached hydrogen (secondary N) is 1. The van der Waals surface area contributed by atoms with Gasteiger partial charge in [-0.3, -0.25) is 4.79 Å². The van der Waals surface area contributed by atoms with E-state index in [2.05, 4.69) is 5.32 Å². The van der Waals surface area contributed by atoms with E-state index in [9.17, 15) is 9.90 Å².